The topological polar surface area (TPSA) is 62.2 Å². The van der Waals surface area contributed by atoms with Crippen LogP contribution in [0.3, 0.4) is 0 Å². The van der Waals surface area contributed by atoms with Crippen molar-refractivity contribution in [1.82, 2.24) is 9.80 Å². The van der Waals surface area contributed by atoms with Gasteiger partial charge in [0.15, 0.2) is 11.5 Å². The maximum atomic E-state index is 13.4. The van der Waals surface area contributed by atoms with Gasteiger partial charge in [0, 0.05) is 46.0 Å². The first kappa shape index (κ1) is 24.2. The number of likely N-dealkylation sites (N-methyl/N-ethyl adjacent to an activating group) is 1. The van der Waals surface area contributed by atoms with Crippen molar-refractivity contribution in [2.45, 2.75) is 67.7 Å². The van der Waals surface area contributed by atoms with Crippen LogP contribution in [-0.2, 0) is 16.6 Å². The Hall–Kier alpha value is -1.87. The van der Waals surface area contributed by atoms with Crippen molar-refractivity contribution in [3.63, 3.8) is 0 Å². The Labute approximate surface area is 230 Å². The lowest BCUT2D eigenvalue weighted by Gasteiger charge is -2.64. The van der Waals surface area contributed by atoms with Crippen molar-refractivity contribution in [3.8, 4) is 11.5 Å². The number of carbonyl (C=O) groups is 1. The van der Waals surface area contributed by atoms with Gasteiger partial charge in [-0.05, 0) is 90.7 Å². The number of likely N-dealkylation sites (tertiary alicyclic amines) is 1. The molecule has 7 rings (SSSR count). The number of hydrogen-bond acceptors (Lipinski definition) is 6. The first-order valence-electron chi connectivity index (χ1n) is 13.4. The van der Waals surface area contributed by atoms with Crippen LogP contribution in [0.15, 0.2) is 34.1 Å². The molecule has 1 aromatic heterocycles. The van der Waals surface area contributed by atoms with Gasteiger partial charge >= 0.3 is 0 Å². The third-order valence-electron chi connectivity index (χ3n) is 9.76. The van der Waals surface area contributed by atoms with Crippen molar-refractivity contribution in [2.75, 3.05) is 27.2 Å². The maximum absolute atomic E-state index is 13.4. The highest BCUT2D eigenvalue weighted by atomic mass is 79.9. The average molecular weight is 586 g/mol. The molecule has 8 heteroatoms. The highest BCUT2D eigenvalue weighted by Gasteiger charge is 2.73. The number of rotatable bonds is 6. The van der Waals surface area contributed by atoms with Gasteiger partial charge in [-0.25, -0.2) is 0 Å². The van der Waals surface area contributed by atoms with Crippen LogP contribution in [0.5, 0.6) is 11.5 Å². The van der Waals surface area contributed by atoms with Gasteiger partial charge in [0.2, 0.25) is 5.91 Å². The van der Waals surface area contributed by atoms with Crippen molar-refractivity contribution in [2.24, 2.45) is 5.92 Å². The summed E-state index contributed by atoms with van der Waals surface area (Å²) in [7, 11) is 3.56. The summed E-state index contributed by atoms with van der Waals surface area (Å²) < 4.78 is 13.6. The van der Waals surface area contributed by atoms with Gasteiger partial charge in [0.1, 0.15) is 6.10 Å². The Kier molecular flexibility index (Phi) is 5.60. The zero-order valence-electron chi connectivity index (χ0n) is 21.3. The number of ether oxygens (including phenoxy) is 2. The number of thiophene rings is 1. The lowest BCUT2D eigenvalue weighted by atomic mass is 9.48. The molecule has 3 fully saturated rings. The van der Waals surface area contributed by atoms with Crippen molar-refractivity contribution >= 4 is 39.2 Å². The molecule has 5 aliphatic rings. The highest BCUT2D eigenvalue weighted by Crippen LogP contribution is 2.66. The molecule has 2 aromatic rings. The van der Waals surface area contributed by atoms with Crippen LogP contribution in [0.4, 0.5) is 0 Å². The fourth-order valence-corrected chi connectivity index (χ4v) is 9.19. The number of piperidine rings is 1. The van der Waals surface area contributed by atoms with E-state index in [-0.39, 0.29) is 24.1 Å². The van der Waals surface area contributed by atoms with Crippen LogP contribution in [0.2, 0.25) is 0 Å². The molecule has 5 atom stereocenters. The van der Waals surface area contributed by atoms with Crippen LogP contribution in [-0.4, -0.2) is 71.8 Å². The second-order valence-electron chi connectivity index (χ2n) is 11.5. The van der Waals surface area contributed by atoms with Gasteiger partial charge in [0.25, 0.3) is 0 Å². The zero-order valence-corrected chi connectivity index (χ0v) is 23.7. The summed E-state index contributed by atoms with van der Waals surface area (Å²) in [5, 5.41) is 14.7. The summed E-state index contributed by atoms with van der Waals surface area (Å²) in [5.41, 5.74) is 1.00. The lowest BCUT2D eigenvalue weighted by Crippen LogP contribution is -2.78. The van der Waals surface area contributed by atoms with E-state index in [9.17, 15) is 9.90 Å². The van der Waals surface area contributed by atoms with Gasteiger partial charge in [-0.2, -0.15) is 0 Å². The largest absolute Gasteiger partial charge is 0.493 e. The third kappa shape index (κ3) is 3.45. The van der Waals surface area contributed by atoms with E-state index in [0.717, 1.165) is 58.3 Å². The zero-order chi connectivity index (χ0) is 25.5. The van der Waals surface area contributed by atoms with Gasteiger partial charge in [-0.15, -0.1) is 11.3 Å². The molecular formula is C29H33BrN2O4S. The fourth-order valence-electron chi connectivity index (χ4n) is 7.85. The lowest BCUT2D eigenvalue weighted by molar-refractivity contribution is -0.200. The number of amides is 1. The quantitative estimate of drug-likeness (QED) is 0.502. The molecule has 2 aliphatic heterocycles. The summed E-state index contributed by atoms with van der Waals surface area (Å²) >= 11 is 5.08. The molecule has 1 N–H and O–H groups in total. The van der Waals surface area contributed by atoms with Crippen molar-refractivity contribution < 1.29 is 19.4 Å². The molecule has 3 aliphatic carbocycles. The Balaban J connectivity index is 1.27. The van der Waals surface area contributed by atoms with Crippen LogP contribution in [0.25, 0.3) is 6.08 Å². The smallest absolute Gasteiger partial charge is 0.246 e. The molecule has 1 saturated heterocycles. The number of carbonyl (C=O) groups excluding carboxylic acids is 1. The Bertz CT molecular complexity index is 1290. The summed E-state index contributed by atoms with van der Waals surface area (Å²) in [6.07, 6.45) is 8.90. The number of hydrogen-bond donors (Lipinski definition) is 1. The number of nitrogens with zero attached hydrogens (tertiary/aromatic N) is 2. The van der Waals surface area contributed by atoms with Gasteiger partial charge in [0.05, 0.1) is 24.2 Å². The summed E-state index contributed by atoms with van der Waals surface area (Å²) in [5.74, 6) is 2.24. The van der Waals surface area contributed by atoms with Crippen LogP contribution >= 0.6 is 27.3 Å². The predicted octanol–water partition coefficient (Wildman–Crippen LogP) is 4.62. The van der Waals surface area contributed by atoms with E-state index in [0.29, 0.717) is 12.8 Å². The molecule has 2 bridgehead atoms. The molecule has 196 valence electrons. The van der Waals surface area contributed by atoms with E-state index in [1.54, 1.807) is 24.5 Å². The Morgan fingerprint density at radius 1 is 1.35 bits per heavy atom. The molecule has 6 nitrogen and oxygen atoms in total. The fraction of sp³-hybridized carbons (Fsp3) is 0.552. The first-order chi connectivity index (χ1) is 17.9. The molecule has 2 saturated carbocycles. The van der Waals surface area contributed by atoms with Gasteiger partial charge in [-0.3, -0.25) is 9.69 Å². The molecule has 0 unspecified atom stereocenters. The minimum Gasteiger partial charge on any atom is -0.493 e. The third-order valence-corrected chi connectivity index (χ3v) is 11.4. The second kappa shape index (κ2) is 8.57. The summed E-state index contributed by atoms with van der Waals surface area (Å²) in [4.78, 5) is 18.8. The van der Waals surface area contributed by atoms with Crippen LogP contribution in [0, 0.1) is 5.92 Å². The van der Waals surface area contributed by atoms with E-state index in [1.807, 2.05) is 35.5 Å². The molecule has 0 radical (unpaired) electrons. The number of benzene rings is 1. The van der Waals surface area contributed by atoms with Gasteiger partial charge < -0.3 is 19.5 Å². The monoisotopic (exact) mass is 584 g/mol. The van der Waals surface area contributed by atoms with Crippen LogP contribution < -0.4 is 9.47 Å². The second-order valence-corrected chi connectivity index (χ2v) is 13.4. The van der Waals surface area contributed by atoms with E-state index >= 15 is 0 Å². The summed E-state index contributed by atoms with van der Waals surface area (Å²) in [6, 6.07) is 6.15. The summed E-state index contributed by atoms with van der Waals surface area (Å²) in [6.45, 7) is 2.04. The Morgan fingerprint density at radius 2 is 2.19 bits per heavy atom. The highest BCUT2D eigenvalue weighted by molar-refractivity contribution is 9.10. The van der Waals surface area contributed by atoms with E-state index in [4.69, 9.17) is 9.47 Å². The normalized spacial score (nSPS) is 33.8. The van der Waals surface area contributed by atoms with E-state index in [2.05, 4.69) is 26.9 Å². The Morgan fingerprint density at radius 3 is 2.92 bits per heavy atom. The molecule has 3 heterocycles. The molecular weight excluding hydrogens is 552 g/mol. The first-order valence-corrected chi connectivity index (χ1v) is 15.1. The van der Waals surface area contributed by atoms with Gasteiger partial charge in [-0.1, -0.05) is 6.07 Å². The SMILES string of the molecule is COc1ccc2c3c1O[C@H]1[C@H](N(C)C(=O)/C=C/c4cc(Br)cs4)CC[C@@]4(O)[C@@H](C2)N(CC2CC2)CC[C@]314. The molecule has 1 spiro atoms. The average Bonchev–Trinajstić information content (AvgIpc) is 3.50. The molecule has 37 heavy (non-hydrogen) atoms. The van der Waals surface area contributed by atoms with E-state index < -0.39 is 11.0 Å². The standard InChI is InChI=1S/C29H33BrN2O4S/c1-31(24(33)8-6-20-14-19(30)16-37-20)21-9-10-29(34)23-13-18-5-7-22(35-2)26-25(18)28(29,27(21)36-26)11-12-32(23)15-17-3-4-17/h5-8,14,16-17,21,23,27,34H,3-4,9-13,15H2,1-2H3/b8-6+/t21-,23-,27+,28+,29-/m1/s1. The van der Waals surface area contributed by atoms with E-state index in [1.165, 1.54) is 18.4 Å². The molecule has 1 amide bonds. The maximum Gasteiger partial charge on any atom is 0.246 e. The minimum absolute atomic E-state index is 0.0402. The number of halogens is 1. The molecule has 1 aromatic carbocycles. The van der Waals surface area contributed by atoms with Crippen molar-refractivity contribution in [1.29, 1.82) is 0 Å². The van der Waals surface area contributed by atoms with Crippen LogP contribution in [0.1, 0.15) is 48.1 Å². The van der Waals surface area contributed by atoms with Crippen molar-refractivity contribution in [3.05, 3.63) is 50.1 Å². The number of methoxy groups -OCH3 is 1. The minimum atomic E-state index is -0.880. The predicted molar refractivity (Wildman–Crippen MR) is 147 cm³/mol. The number of aliphatic hydroxyl groups is 1.